The average Bonchev–Trinajstić information content (AvgIpc) is 2.76. The van der Waals surface area contributed by atoms with E-state index >= 15 is 0 Å². The van der Waals surface area contributed by atoms with Crippen molar-refractivity contribution in [2.45, 2.75) is 13.0 Å². The Bertz CT molecular complexity index is 542. The highest BCUT2D eigenvalue weighted by molar-refractivity contribution is 9.10. The number of hydrogen-bond donors (Lipinski definition) is 1. The largest absolute Gasteiger partial charge is 0.306 e. The number of rotatable bonds is 4. The lowest BCUT2D eigenvalue weighted by atomic mass is 10.0. The second-order valence-electron chi connectivity index (χ2n) is 3.84. The van der Waals surface area contributed by atoms with Gasteiger partial charge < -0.3 is 5.32 Å². The highest BCUT2D eigenvalue weighted by Crippen LogP contribution is 2.34. The van der Waals surface area contributed by atoms with Crippen LogP contribution >= 0.6 is 54.8 Å². The Hall–Kier alpha value is 0.130. The van der Waals surface area contributed by atoms with Crippen molar-refractivity contribution in [3.8, 4) is 0 Å². The van der Waals surface area contributed by atoms with E-state index in [1.807, 2.05) is 12.1 Å². The van der Waals surface area contributed by atoms with Gasteiger partial charge >= 0.3 is 0 Å². The van der Waals surface area contributed by atoms with Crippen molar-refractivity contribution in [2.24, 2.45) is 0 Å². The van der Waals surface area contributed by atoms with Crippen LogP contribution in [0.2, 0.25) is 5.02 Å². The summed E-state index contributed by atoms with van der Waals surface area (Å²) in [5.74, 6) is 0. The summed E-state index contributed by atoms with van der Waals surface area (Å²) < 4.78 is 2.06. The van der Waals surface area contributed by atoms with Gasteiger partial charge in [0.15, 0.2) is 0 Å². The second-order valence-corrected chi connectivity index (χ2v) is 6.70. The minimum absolute atomic E-state index is 0.168. The molecule has 0 amide bonds. The van der Waals surface area contributed by atoms with Crippen molar-refractivity contribution in [2.75, 3.05) is 6.54 Å². The SMILES string of the molecule is CCNC(c1ccc(Br)c(Cl)c1)c1cscc1Br. The van der Waals surface area contributed by atoms with E-state index in [9.17, 15) is 0 Å². The molecular formula is C13H12Br2ClNS. The Balaban J connectivity index is 2.41. The number of benzene rings is 1. The van der Waals surface area contributed by atoms with Crippen molar-refractivity contribution >= 4 is 54.8 Å². The summed E-state index contributed by atoms with van der Waals surface area (Å²) in [7, 11) is 0. The molecule has 1 nitrogen and oxygen atoms in total. The maximum Gasteiger partial charge on any atom is 0.0596 e. The number of hydrogen-bond acceptors (Lipinski definition) is 2. The van der Waals surface area contributed by atoms with Gasteiger partial charge in [-0.2, -0.15) is 11.3 Å². The minimum atomic E-state index is 0.168. The predicted octanol–water partition coefficient (Wildman–Crippen LogP) is 5.63. The summed E-state index contributed by atoms with van der Waals surface area (Å²) in [6, 6.07) is 6.25. The van der Waals surface area contributed by atoms with Gasteiger partial charge in [0.1, 0.15) is 0 Å². The molecule has 1 N–H and O–H groups in total. The van der Waals surface area contributed by atoms with Gasteiger partial charge in [0.2, 0.25) is 0 Å². The highest BCUT2D eigenvalue weighted by Gasteiger charge is 2.17. The first-order valence-corrected chi connectivity index (χ1v) is 8.44. The molecule has 0 radical (unpaired) electrons. The number of thiophene rings is 1. The van der Waals surface area contributed by atoms with Crippen LogP contribution in [-0.4, -0.2) is 6.54 Å². The molecule has 1 atom stereocenters. The molecule has 0 aliphatic rings. The Morgan fingerprint density at radius 3 is 2.61 bits per heavy atom. The zero-order valence-electron chi connectivity index (χ0n) is 9.71. The molecule has 0 aliphatic heterocycles. The van der Waals surface area contributed by atoms with Crippen LogP contribution in [0.4, 0.5) is 0 Å². The third kappa shape index (κ3) is 3.17. The van der Waals surface area contributed by atoms with E-state index in [0.29, 0.717) is 0 Å². The van der Waals surface area contributed by atoms with Gasteiger partial charge in [-0.25, -0.2) is 0 Å². The molecule has 0 spiro atoms. The molecule has 2 aromatic rings. The predicted molar refractivity (Wildman–Crippen MR) is 86.7 cm³/mol. The van der Waals surface area contributed by atoms with Crippen LogP contribution in [0.5, 0.6) is 0 Å². The molecule has 0 saturated carbocycles. The van der Waals surface area contributed by atoms with Gasteiger partial charge in [0.05, 0.1) is 11.1 Å². The van der Waals surface area contributed by atoms with Gasteiger partial charge in [-0.1, -0.05) is 24.6 Å². The van der Waals surface area contributed by atoms with E-state index in [2.05, 4.69) is 60.9 Å². The van der Waals surface area contributed by atoms with Crippen LogP contribution < -0.4 is 5.32 Å². The molecule has 1 unspecified atom stereocenters. The van der Waals surface area contributed by atoms with Crippen LogP contribution in [0.25, 0.3) is 0 Å². The number of halogens is 3. The topological polar surface area (TPSA) is 12.0 Å². The monoisotopic (exact) mass is 407 g/mol. The molecule has 2 rings (SSSR count). The first kappa shape index (κ1) is 14.5. The lowest BCUT2D eigenvalue weighted by Crippen LogP contribution is -2.21. The smallest absolute Gasteiger partial charge is 0.0596 e. The van der Waals surface area contributed by atoms with Crippen molar-refractivity contribution < 1.29 is 0 Å². The maximum absolute atomic E-state index is 6.18. The van der Waals surface area contributed by atoms with E-state index in [-0.39, 0.29) is 6.04 Å². The third-order valence-electron chi connectivity index (χ3n) is 2.64. The van der Waals surface area contributed by atoms with Gasteiger partial charge in [-0.3, -0.25) is 0 Å². The lowest BCUT2D eigenvalue weighted by Gasteiger charge is -2.18. The van der Waals surface area contributed by atoms with Crippen molar-refractivity contribution in [1.82, 2.24) is 5.32 Å². The molecule has 0 bridgehead atoms. The summed E-state index contributed by atoms with van der Waals surface area (Å²) in [5, 5.41) is 8.49. The summed E-state index contributed by atoms with van der Waals surface area (Å²) in [6.07, 6.45) is 0. The van der Waals surface area contributed by atoms with Crippen molar-refractivity contribution in [3.63, 3.8) is 0 Å². The van der Waals surface area contributed by atoms with Gasteiger partial charge in [0.25, 0.3) is 0 Å². The normalized spacial score (nSPS) is 12.7. The van der Waals surface area contributed by atoms with E-state index in [1.54, 1.807) is 11.3 Å². The van der Waals surface area contributed by atoms with Crippen LogP contribution in [-0.2, 0) is 0 Å². The molecule has 1 heterocycles. The van der Waals surface area contributed by atoms with Crippen molar-refractivity contribution in [1.29, 1.82) is 0 Å². The summed E-state index contributed by atoms with van der Waals surface area (Å²) in [4.78, 5) is 0. The molecule has 18 heavy (non-hydrogen) atoms. The molecule has 1 aromatic carbocycles. The zero-order valence-corrected chi connectivity index (χ0v) is 14.5. The van der Waals surface area contributed by atoms with Crippen LogP contribution in [0, 0.1) is 0 Å². The molecule has 5 heteroatoms. The van der Waals surface area contributed by atoms with Crippen LogP contribution in [0.1, 0.15) is 24.1 Å². The Morgan fingerprint density at radius 2 is 2.06 bits per heavy atom. The number of nitrogens with one attached hydrogen (secondary N) is 1. The fourth-order valence-electron chi connectivity index (χ4n) is 1.80. The summed E-state index contributed by atoms with van der Waals surface area (Å²) in [5.41, 5.74) is 2.42. The highest BCUT2D eigenvalue weighted by atomic mass is 79.9. The van der Waals surface area contributed by atoms with E-state index in [1.165, 1.54) is 11.1 Å². The molecule has 0 fully saturated rings. The lowest BCUT2D eigenvalue weighted by molar-refractivity contribution is 0.630. The van der Waals surface area contributed by atoms with Crippen molar-refractivity contribution in [3.05, 3.63) is 54.1 Å². The second kappa shape index (κ2) is 6.53. The first-order valence-electron chi connectivity index (χ1n) is 5.53. The Morgan fingerprint density at radius 1 is 1.28 bits per heavy atom. The Kier molecular flexibility index (Phi) is 5.27. The van der Waals surface area contributed by atoms with Crippen LogP contribution in [0.15, 0.2) is 37.9 Å². The zero-order chi connectivity index (χ0) is 13.1. The first-order chi connectivity index (χ1) is 8.63. The average molecular weight is 410 g/mol. The third-order valence-corrected chi connectivity index (χ3v) is 5.62. The molecule has 0 aliphatic carbocycles. The van der Waals surface area contributed by atoms with Gasteiger partial charge in [-0.15, -0.1) is 0 Å². The summed E-state index contributed by atoms with van der Waals surface area (Å²) >= 11 is 14.9. The fraction of sp³-hybridized carbons (Fsp3) is 0.231. The van der Waals surface area contributed by atoms with E-state index in [0.717, 1.165) is 20.5 Å². The Labute approximate surface area is 133 Å². The van der Waals surface area contributed by atoms with E-state index < -0.39 is 0 Å². The van der Waals surface area contributed by atoms with Gasteiger partial charge in [0, 0.05) is 14.3 Å². The fourth-order valence-corrected chi connectivity index (χ4v) is 3.79. The molecular weight excluding hydrogens is 397 g/mol. The minimum Gasteiger partial charge on any atom is -0.306 e. The molecule has 1 aromatic heterocycles. The maximum atomic E-state index is 6.18. The molecule has 0 saturated heterocycles. The summed E-state index contributed by atoms with van der Waals surface area (Å²) in [6.45, 7) is 3.01. The van der Waals surface area contributed by atoms with Gasteiger partial charge in [-0.05, 0) is 67.0 Å². The van der Waals surface area contributed by atoms with E-state index in [4.69, 9.17) is 11.6 Å². The standard InChI is InChI=1S/C13H12Br2ClNS/c1-2-17-13(9-6-18-7-11(9)15)8-3-4-10(14)12(16)5-8/h3-7,13,17H,2H2,1H3. The molecule has 96 valence electrons. The quantitative estimate of drug-likeness (QED) is 0.690. The van der Waals surface area contributed by atoms with Crippen LogP contribution in [0.3, 0.4) is 0 Å².